The van der Waals surface area contributed by atoms with E-state index in [1.165, 1.54) is 4.90 Å². The second-order valence-corrected chi connectivity index (χ2v) is 5.82. The van der Waals surface area contributed by atoms with E-state index in [1.807, 2.05) is 0 Å². The van der Waals surface area contributed by atoms with Gasteiger partial charge in [0.05, 0.1) is 40.5 Å². The first kappa shape index (κ1) is 19.4. The quantitative estimate of drug-likeness (QED) is 0.473. The molecule has 0 aliphatic rings. The van der Waals surface area contributed by atoms with Crippen molar-refractivity contribution in [2.45, 2.75) is 33.1 Å². The topological polar surface area (TPSA) is 52.0 Å². The molecular formula is C15H33N2O3+. The SMILES string of the molecule is CC(C)CCCNC(=O)CCOCCOCC[NH+](C)C. The molecule has 2 N–H and O–H groups in total. The lowest BCUT2D eigenvalue weighted by Gasteiger charge is -2.09. The van der Waals surface area contributed by atoms with Crippen LogP contribution in [-0.4, -0.2) is 59.5 Å². The van der Waals surface area contributed by atoms with Gasteiger partial charge >= 0.3 is 0 Å². The smallest absolute Gasteiger partial charge is 0.222 e. The molecule has 5 heteroatoms. The summed E-state index contributed by atoms with van der Waals surface area (Å²) in [7, 11) is 4.19. The van der Waals surface area contributed by atoms with Gasteiger partial charge in [-0.3, -0.25) is 4.79 Å². The number of hydrogen-bond donors (Lipinski definition) is 2. The molecule has 0 heterocycles. The minimum atomic E-state index is 0.0749. The molecule has 0 bridgehead atoms. The van der Waals surface area contributed by atoms with Gasteiger partial charge in [0.25, 0.3) is 0 Å². The summed E-state index contributed by atoms with van der Waals surface area (Å²) < 4.78 is 10.8. The van der Waals surface area contributed by atoms with Crippen LogP contribution in [0.15, 0.2) is 0 Å². The molecule has 0 radical (unpaired) electrons. The summed E-state index contributed by atoms with van der Waals surface area (Å²) in [6, 6.07) is 0. The summed E-state index contributed by atoms with van der Waals surface area (Å²) in [5.74, 6) is 0.773. The number of rotatable bonds is 13. The third-order valence-corrected chi connectivity index (χ3v) is 2.87. The van der Waals surface area contributed by atoms with Crippen LogP contribution in [-0.2, 0) is 14.3 Å². The molecule has 5 nitrogen and oxygen atoms in total. The van der Waals surface area contributed by atoms with Crippen LogP contribution in [0.3, 0.4) is 0 Å². The lowest BCUT2D eigenvalue weighted by atomic mass is 10.1. The van der Waals surface area contributed by atoms with E-state index in [0.29, 0.717) is 32.2 Å². The Labute approximate surface area is 124 Å². The molecule has 0 rings (SSSR count). The molecule has 0 aliphatic heterocycles. The monoisotopic (exact) mass is 289 g/mol. The molecule has 0 aliphatic carbocycles. The number of quaternary nitrogens is 1. The van der Waals surface area contributed by atoms with Gasteiger partial charge in [0.15, 0.2) is 0 Å². The Bertz CT molecular complexity index is 233. The maximum absolute atomic E-state index is 11.5. The van der Waals surface area contributed by atoms with E-state index in [2.05, 4.69) is 33.3 Å². The third kappa shape index (κ3) is 15.4. The summed E-state index contributed by atoms with van der Waals surface area (Å²) in [4.78, 5) is 12.8. The zero-order valence-corrected chi connectivity index (χ0v) is 13.7. The van der Waals surface area contributed by atoms with Crippen molar-refractivity contribution in [1.29, 1.82) is 0 Å². The van der Waals surface area contributed by atoms with Crippen LogP contribution in [0, 0.1) is 5.92 Å². The molecule has 0 aromatic rings. The van der Waals surface area contributed by atoms with Crippen LogP contribution >= 0.6 is 0 Å². The predicted octanol–water partition coefficient (Wildman–Crippen LogP) is 0.107. The van der Waals surface area contributed by atoms with Gasteiger partial charge in [0, 0.05) is 13.0 Å². The van der Waals surface area contributed by atoms with Crippen LogP contribution in [0.25, 0.3) is 0 Å². The number of ether oxygens (including phenoxy) is 2. The maximum Gasteiger partial charge on any atom is 0.222 e. The van der Waals surface area contributed by atoms with E-state index >= 15 is 0 Å². The second-order valence-electron chi connectivity index (χ2n) is 5.82. The molecule has 0 atom stereocenters. The Morgan fingerprint density at radius 1 is 1.10 bits per heavy atom. The van der Waals surface area contributed by atoms with Crippen molar-refractivity contribution in [3.8, 4) is 0 Å². The van der Waals surface area contributed by atoms with Crippen molar-refractivity contribution >= 4 is 5.91 Å². The number of hydrogen-bond acceptors (Lipinski definition) is 3. The van der Waals surface area contributed by atoms with Gasteiger partial charge < -0.3 is 19.7 Å². The summed E-state index contributed by atoms with van der Waals surface area (Å²) in [6.07, 6.45) is 2.64. The molecule has 0 aromatic heterocycles. The summed E-state index contributed by atoms with van der Waals surface area (Å²) in [5, 5.41) is 2.91. The normalized spacial score (nSPS) is 11.3. The second kappa shape index (κ2) is 13.3. The lowest BCUT2D eigenvalue weighted by molar-refractivity contribution is -0.858. The largest absolute Gasteiger partial charge is 0.379 e. The number of carbonyl (C=O) groups excluding carboxylic acids is 1. The van der Waals surface area contributed by atoms with Gasteiger partial charge in [-0.15, -0.1) is 0 Å². The molecule has 1 amide bonds. The first-order chi connectivity index (χ1) is 9.52. The Morgan fingerprint density at radius 3 is 2.35 bits per heavy atom. The van der Waals surface area contributed by atoms with E-state index in [1.54, 1.807) is 0 Å². The molecule has 0 unspecified atom stereocenters. The summed E-state index contributed by atoms with van der Waals surface area (Å²) in [5.41, 5.74) is 0. The van der Waals surface area contributed by atoms with Crippen molar-refractivity contribution in [3.05, 3.63) is 0 Å². The molecule has 0 saturated heterocycles. The van der Waals surface area contributed by atoms with Gasteiger partial charge in [-0.1, -0.05) is 13.8 Å². The Kier molecular flexibility index (Phi) is 12.9. The average Bonchev–Trinajstić information content (AvgIpc) is 2.37. The van der Waals surface area contributed by atoms with Crippen molar-refractivity contribution < 1.29 is 19.2 Å². The molecule has 0 fully saturated rings. The van der Waals surface area contributed by atoms with E-state index in [-0.39, 0.29) is 5.91 Å². The Morgan fingerprint density at radius 2 is 1.75 bits per heavy atom. The highest BCUT2D eigenvalue weighted by Crippen LogP contribution is 2.01. The van der Waals surface area contributed by atoms with E-state index < -0.39 is 0 Å². The average molecular weight is 289 g/mol. The summed E-state index contributed by atoms with van der Waals surface area (Å²) >= 11 is 0. The van der Waals surface area contributed by atoms with E-state index in [4.69, 9.17) is 9.47 Å². The minimum absolute atomic E-state index is 0.0749. The zero-order chi connectivity index (χ0) is 15.2. The van der Waals surface area contributed by atoms with Crippen molar-refractivity contribution in [1.82, 2.24) is 5.32 Å². The van der Waals surface area contributed by atoms with Crippen LogP contribution < -0.4 is 10.2 Å². The van der Waals surface area contributed by atoms with Gasteiger partial charge in [-0.25, -0.2) is 0 Å². The first-order valence-corrected chi connectivity index (χ1v) is 7.73. The molecule has 0 saturated carbocycles. The number of carbonyl (C=O) groups is 1. The van der Waals surface area contributed by atoms with Crippen LogP contribution in [0.4, 0.5) is 0 Å². The van der Waals surface area contributed by atoms with Gasteiger partial charge in [0.2, 0.25) is 5.91 Å². The first-order valence-electron chi connectivity index (χ1n) is 7.73. The van der Waals surface area contributed by atoms with E-state index in [9.17, 15) is 4.79 Å². The van der Waals surface area contributed by atoms with Crippen molar-refractivity contribution in [2.75, 3.05) is 53.6 Å². The number of nitrogens with one attached hydrogen (secondary N) is 2. The van der Waals surface area contributed by atoms with E-state index in [0.717, 1.165) is 32.5 Å². The molecule has 0 aromatic carbocycles. The highest BCUT2D eigenvalue weighted by molar-refractivity contribution is 5.75. The fourth-order valence-corrected chi connectivity index (χ4v) is 1.59. The van der Waals surface area contributed by atoms with Crippen LogP contribution in [0.5, 0.6) is 0 Å². The number of amides is 1. The van der Waals surface area contributed by atoms with Crippen LogP contribution in [0.2, 0.25) is 0 Å². The van der Waals surface area contributed by atoms with Gasteiger partial charge in [-0.05, 0) is 18.8 Å². The zero-order valence-electron chi connectivity index (χ0n) is 13.7. The van der Waals surface area contributed by atoms with Gasteiger partial charge in [-0.2, -0.15) is 0 Å². The standard InChI is InChI=1S/C15H32N2O3/c1-14(2)6-5-8-16-15(18)7-10-19-12-13-20-11-9-17(3)4/h14H,5-13H2,1-4H3,(H,16,18)/p+1. The Balaban J connectivity index is 3.19. The fourth-order valence-electron chi connectivity index (χ4n) is 1.59. The predicted molar refractivity (Wildman–Crippen MR) is 81.0 cm³/mol. The Hall–Kier alpha value is -0.650. The summed E-state index contributed by atoms with van der Waals surface area (Å²) in [6.45, 7) is 8.54. The number of likely N-dealkylation sites (N-methyl/N-ethyl adjacent to an activating group) is 1. The maximum atomic E-state index is 11.5. The molecular weight excluding hydrogens is 256 g/mol. The van der Waals surface area contributed by atoms with Gasteiger partial charge in [0.1, 0.15) is 6.54 Å². The van der Waals surface area contributed by atoms with Crippen LogP contribution in [0.1, 0.15) is 33.1 Å². The third-order valence-electron chi connectivity index (χ3n) is 2.87. The minimum Gasteiger partial charge on any atom is -0.379 e. The molecule has 0 spiro atoms. The molecule has 20 heavy (non-hydrogen) atoms. The highest BCUT2D eigenvalue weighted by Gasteiger charge is 2.01. The lowest BCUT2D eigenvalue weighted by Crippen LogP contribution is -3.06. The fraction of sp³-hybridized carbons (Fsp3) is 0.933. The highest BCUT2D eigenvalue weighted by atomic mass is 16.5. The van der Waals surface area contributed by atoms with Crippen molar-refractivity contribution in [3.63, 3.8) is 0 Å². The van der Waals surface area contributed by atoms with Crippen molar-refractivity contribution in [2.24, 2.45) is 5.92 Å². The molecule has 120 valence electrons.